The van der Waals surface area contributed by atoms with Crippen LogP contribution in [0.5, 0.6) is 0 Å². The summed E-state index contributed by atoms with van der Waals surface area (Å²) < 4.78 is 0. The van der Waals surface area contributed by atoms with E-state index in [1.54, 1.807) is 4.90 Å². The van der Waals surface area contributed by atoms with E-state index in [0.717, 1.165) is 36.3 Å². The Morgan fingerprint density at radius 2 is 2.04 bits per heavy atom. The van der Waals surface area contributed by atoms with Gasteiger partial charge in [0.15, 0.2) is 0 Å². The first kappa shape index (κ1) is 18.5. The van der Waals surface area contributed by atoms with Gasteiger partial charge in [0.05, 0.1) is 13.1 Å². The molecule has 0 aromatic heterocycles. The van der Waals surface area contributed by atoms with Crippen LogP contribution >= 0.6 is 0 Å². The molecule has 2 rings (SSSR count). The van der Waals surface area contributed by atoms with Crippen LogP contribution in [0.2, 0.25) is 0 Å². The molecule has 5 heteroatoms. The molecule has 1 saturated heterocycles. The number of rotatable bonds is 5. The number of anilines is 1. The molecular weight excluding hydrogens is 302 g/mol. The van der Waals surface area contributed by atoms with Crippen molar-refractivity contribution >= 4 is 17.5 Å². The molecule has 1 heterocycles. The molecule has 1 aliphatic heterocycles. The van der Waals surface area contributed by atoms with Crippen molar-refractivity contribution in [2.75, 3.05) is 38.5 Å². The standard InChI is InChI=1S/C19H29N3O2/c1-14-7-6-10-22(11-14)19(24)13-21(4)12-18(23)20-17-9-5-8-15(2)16(17)3/h5,8-9,14H,6-7,10-13H2,1-4H3,(H,20,23)/t14-/m0/s1. The highest BCUT2D eigenvalue weighted by Crippen LogP contribution is 2.18. The number of benzene rings is 1. The number of carbonyl (C=O) groups excluding carboxylic acids is 2. The average molecular weight is 331 g/mol. The van der Waals surface area contributed by atoms with E-state index in [1.165, 1.54) is 6.42 Å². The number of aryl methyl sites for hydroxylation is 1. The Hall–Kier alpha value is -1.88. The Balaban J connectivity index is 1.83. The van der Waals surface area contributed by atoms with Crippen LogP contribution in [-0.2, 0) is 9.59 Å². The summed E-state index contributed by atoms with van der Waals surface area (Å²) in [7, 11) is 1.81. The first-order valence-electron chi connectivity index (χ1n) is 8.69. The predicted molar refractivity (Wildman–Crippen MR) is 97.0 cm³/mol. The van der Waals surface area contributed by atoms with Crippen molar-refractivity contribution in [3.05, 3.63) is 29.3 Å². The number of nitrogens with one attached hydrogen (secondary N) is 1. The summed E-state index contributed by atoms with van der Waals surface area (Å²) >= 11 is 0. The van der Waals surface area contributed by atoms with Crippen molar-refractivity contribution in [1.82, 2.24) is 9.80 Å². The van der Waals surface area contributed by atoms with Gasteiger partial charge < -0.3 is 10.2 Å². The summed E-state index contributed by atoms with van der Waals surface area (Å²) in [6, 6.07) is 5.86. The van der Waals surface area contributed by atoms with Gasteiger partial charge in [-0.1, -0.05) is 19.1 Å². The highest BCUT2D eigenvalue weighted by Gasteiger charge is 2.22. The smallest absolute Gasteiger partial charge is 0.238 e. The van der Waals surface area contributed by atoms with Crippen molar-refractivity contribution in [3.8, 4) is 0 Å². The number of hydrogen-bond acceptors (Lipinski definition) is 3. The lowest BCUT2D eigenvalue weighted by atomic mass is 10.0. The monoisotopic (exact) mass is 331 g/mol. The Kier molecular flexibility index (Phi) is 6.37. The van der Waals surface area contributed by atoms with Gasteiger partial charge in [0.25, 0.3) is 0 Å². The van der Waals surface area contributed by atoms with Crippen molar-refractivity contribution in [1.29, 1.82) is 0 Å². The van der Waals surface area contributed by atoms with Gasteiger partial charge >= 0.3 is 0 Å². The lowest BCUT2D eigenvalue weighted by Gasteiger charge is -2.32. The molecule has 132 valence electrons. The lowest BCUT2D eigenvalue weighted by Crippen LogP contribution is -2.45. The van der Waals surface area contributed by atoms with Crippen LogP contribution in [0.3, 0.4) is 0 Å². The number of hydrogen-bond donors (Lipinski definition) is 1. The molecule has 1 aromatic rings. The van der Waals surface area contributed by atoms with E-state index in [0.29, 0.717) is 5.92 Å². The Morgan fingerprint density at radius 3 is 2.75 bits per heavy atom. The largest absolute Gasteiger partial charge is 0.341 e. The first-order valence-corrected chi connectivity index (χ1v) is 8.69. The van der Waals surface area contributed by atoms with E-state index in [4.69, 9.17) is 0 Å². The number of amides is 2. The van der Waals surface area contributed by atoms with Gasteiger partial charge in [-0.05, 0) is 56.8 Å². The molecule has 1 aliphatic rings. The number of piperidine rings is 1. The van der Waals surface area contributed by atoms with E-state index in [2.05, 4.69) is 12.2 Å². The van der Waals surface area contributed by atoms with Crippen molar-refractivity contribution in [2.45, 2.75) is 33.6 Å². The van der Waals surface area contributed by atoms with Crippen molar-refractivity contribution in [2.24, 2.45) is 5.92 Å². The highest BCUT2D eigenvalue weighted by molar-refractivity contribution is 5.93. The molecule has 1 atom stereocenters. The molecule has 0 unspecified atom stereocenters. The highest BCUT2D eigenvalue weighted by atomic mass is 16.2. The number of carbonyl (C=O) groups is 2. The quantitative estimate of drug-likeness (QED) is 0.901. The molecule has 1 N–H and O–H groups in total. The molecule has 5 nitrogen and oxygen atoms in total. The Morgan fingerprint density at radius 1 is 1.29 bits per heavy atom. The second-order valence-electron chi connectivity index (χ2n) is 7.06. The zero-order chi connectivity index (χ0) is 17.7. The molecule has 0 bridgehead atoms. The fraction of sp³-hybridized carbons (Fsp3) is 0.579. The minimum Gasteiger partial charge on any atom is -0.341 e. The van der Waals surface area contributed by atoms with E-state index in [9.17, 15) is 9.59 Å². The lowest BCUT2D eigenvalue weighted by molar-refractivity contribution is -0.134. The molecule has 24 heavy (non-hydrogen) atoms. The van der Waals surface area contributed by atoms with Gasteiger partial charge in [0.2, 0.25) is 11.8 Å². The van der Waals surface area contributed by atoms with Crippen LogP contribution in [0.4, 0.5) is 5.69 Å². The average Bonchev–Trinajstić information content (AvgIpc) is 2.51. The SMILES string of the molecule is Cc1cccc(NC(=O)CN(C)CC(=O)N2CCC[C@H](C)C2)c1C. The van der Waals surface area contributed by atoms with E-state index >= 15 is 0 Å². The Bertz CT molecular complexity index is 600. The summed E-state index contributed by atoms with van der Waals surface area (Å²) in [6.07, 6.45) is 2.27. The zero-order valence-corrected chi connectivity index (χ0v) is 15.3. The van der Waals surface area contributed by atoms with Gasteiger partial charge in [-0.3, -0.25) is 14.5 Å². The summed E-state index contributed by atoms with van der Waals surface area (Å²) in [5.41, 5.74) is 3.06. The maximum absolute atomic E-state index is 12.3. The van der Waals surface area contributed by atoms with Crippen molar-refractivity contribution < 1.29 is 9.59 Å². The molecule has 0 saturated carbocycles. The van der Waals surface area contributed by atoms with Crippen molar-refractivity contribution in [3.63, 3.8) is 0 Å². The van der Waals surface area contributed by atoms with E-state index in [-0.39, 0.29) is 24.9 Å². The molecule has 0 spiro atoms. The summed E-state index contributed by atoms with van der Waals surface area (Å²) in [4.78, 5) is 28.3. The maximum atomic E-state index is 12.3. The topological polar surface area (TPSA) is 52.7 Å². The first-order chi connectivity index (χ1) is 11.4. The molecule has 1 fully saturated rings. The summed E-state index contributed by atoms with van der Waals surface area (Å²) in [5, 5.41) is 2.94. The van der Waals surface area contributed by atoms with E-state index < -0.39 is 0 Å². The van der Waals surface area contributed by atoms with Gasteiger partial charge in [-0.2, -0.15) is 0 Å². The Labute approximate surface area is 145 Å². The van der Waals surface area contributed by atoms with Gasteiger partial charge in [-0.25, -0.2) is 0 Å². The predicted octanol–water partition coefficient (Wildman–Crippen LogP) is 2.43. The molecule has 2 amide bonds. The zero-order valence-electron chi connectivity index (χ0n) is 15.3. The van der Waals surface area contributed by atoms with Gasteiger partial charge in [0.1, 0.15) is 0 Å². The number of likely N-dealkylation sites (tertiary alicyclic amines) is 1. The molecule has 1 aromatic carbocycles. The molecule has 0 aliphatic carbocycles. The summed E-state index contributed by atoms with van der Waals surface area (Å²) in [6.45, 7) is 8.37. The van der Waals surface area contributed by atoms with Gasteiger partial charge in [-0.15, -0.1) is 0 Å². The third kappa shape index (κ3) is 5.06. The summed E-state index contributed by atoms with van der Waals surface area (Å²) in [5.74, 6) is 0.593. The third-order valence-corrected chi connectivity index (χ3v) is 4.71. The maximum Gasteiger partial charge on any atom is 0.238 e. The number of likely N-dealkylation sites (N-methyl/N-ethyl adjacent to an activating group) is 1. The van der Waals surface area contributed by atoms with Crippen LogP contribution in [-0.4, -0.2) is 54.8 Å². The minimum atomic E-state index is -0.0917. The van der Waals surface area contributed by atoms with Crippen LogP contribution in [0.25, 0.3) is 0 Å². The van der Waals surface area contributed by atoms with Crippen LogP contribution in [0.1, 0.15) is 30.9 Å². The van der Waals surface area contributed by atoms with Crippen LogP contribution in [0, 0.1) is 19.8 Å². The third-order valence-electron chi connectivity index (χ3n) is 4.71. The van der Waals surface area contributed by atoms with Crippen LogP contribution in [0.15, 0.2) is 18.2 Å². The second kappa shape index (κ2) is 8.29. The van der Waals surface area contributed by atoms with Crippen LogP contribution < -0.4 is 5.32 Å². The van der Waals surface area contributed by atoms with E-state index in [1.807, 2.05) is 44.0 Å². The second-order valence-corrected chi connectivity index (χ2v) is 7.06. The fourth-order valence-electron chi connectivity index (χ4n) is 3.12. The number of nitrogens with zero attached hydrogens (tertiary/aromatic N) is 2. The minimum absolute atomic E-state index is 0.0917. The normalized spacial score (nSPS) is 17.9. The fourth-order valence-corrected chi connectivity index (χ4v) is 3.12. The molecule has 0 radical (unpaired) electrons. The van der Waals surface area contributed by atoms with Gasteiger partial charge in [0, 0.05) is 18.8 Å². The molecular formula is C19H29N3O2.